The second-order valence-corrected chi connectivity index (χ2v) is 4.63. The zero-order valence-corrected chi connectivity index (χ0v) is 9.88. The molecule has 0 unspecified atom stereocenters. The maximum absolute atomic E-state index is 11.1. The number of nitrogens with one attached hydrogen (secondary N) is 1. The van der Waals surface area contributed by atoms with Crippen LogP contribution >= 0.6 is 11.3 Å². The van der Waals surface area contributed by atoms with Crippen LogP contribution in [0.25, 0.3) is 0 Å². The van der Waals surface area contributed by atoms with E-state index in [9.17, 15) is 4.79 Å². The number of amides is 1. The second kappa shape index (κ2) is 4.94. The van der Waals surface area contributed by atoms with Crippen LogP contribution in [0.15, 0.2) is 41.8 Å². The third-order valence-electron chi connectivity index (χ3n) is 2.27. The largest absolute Gasteiger partial charge is 0.326 e. The monoisotopic (exact) mass is 231 g/mol. The molecule has 0 aliphatic carbocycles. The first kappa shape index (κ1) is 10.9. The molecule has 0 spiro atoms. The summed E-state index contributed by atoms with van der Waals surface area (Å²) in [5.41, 5.74) is 2.06. The van der Waals surface area contributed by atoms with Crippen LogP contribution in [-0.2, 0) is 11.2 Å². The number of para-hydroxylation sites is 1. The molecule has 2 aromatic rings. The maximum atomic E-state index is 11.1. The minimum atomic E-state index is -0.0290. The van der Waals surface area contributed by atoms with Crippen molar-refractivity contribution in [3.8, 4) is 0 Å². The highest BCUT2D eigenvalue weighted by molar-refractivity contribution is 7.09. The lowest BCUT2D eigenvalue weighted by Gasteiger charge is -2.08. The van der Waals surface area contributed by atoms with E-state index in [0.717, 1.165) is 17.7 Å². The zero-order valence-electron chi connectivity index (χ0n) is 9.07. The Bertz CT molecular complexity index is 476. The SMILES string of the molecule is CC(=O)Nc1ccccc1Cc1cccs1. The first-order chi connectivity index (χ1) is 7.75. The van der Waals surface area contributed by atoms with E-state index >= 15 is 0 Å². The lowest BCUT2D eigenvalue weighted by atomic mass is 10.1. The van der Waals surface area contributed by atoms with Crippen LogP contribution in [0.2, 0.25) is 0 Å². The standard InChI is InChI=1S/C13H13NOS/c1-10(15)14-13-7-3-2-5-11(13)9-12-6-4-8-16-12/h2-8H,9H2,1H3,(H,14,15). The number of hydrogen-bond acceptors (Lipinski definition) is 2. The fourth-order valence-corrected chi connectivity index (χ4v) is 2.31. The van der Waals surface area contributed by atoms with Crippen LogP contribution in [0, 0.1) is 0 Å². The summed E-state index contributed by atoms with van der Waals surface area (Å²) in [6.45, 7) is 1.53. The van der Waals surface area contributed by atoms with Crippen LogP contribution in [0.4, 0.5) is 5.69 Å². The van der Waals surface area contributed by atoms with E-state index in [1.165, 1.54) is 11.8 Å². The minimum absolute atomic E-state index is 0.0290. The van der Waals surface area contributed by atoms with Gasteiger partial charge >= 0.3 is 0 Å². The molecule has 0 saturated carbocycles. The van der Waals surface area contributed by atoms with Crippen molar-refractivity contribution in [1.29, 1.82) is 0 Å². The van der Waals surface area contributed by atoms with Crippen molar-refractivity contribution in [2.45, 2.75) is 13.3 Å². The molecule has 1 N–H and O–H groups in total. The van der Waals surface area contributed by atoms with Gasteiger partial charge < -0.3 is 5.32 Å². The van der Waals surface area contributed by atoms with Crippen LogP contribution in [0.1, 0.15) is 17.4 Å². The van der Waals surface area contributed by atoms with Gasteiger partial charge in [0.05, 0.1) is 0 Å². The minimum Gasteiger partial charge on any atom is -0.326 e. The molecular formula is C13H13NOS. The molecule has 0 saturated heterocycles. The third-order valence-corrected chi connectivity index (χ3v) is 3.15. The summed E-state index contributed by atoms with van der Waals surface area (Å²) in [5, 5.41) is 4.92. The lowest BCUT2D eigenvalue weighted by molar-refractivity contribution is -0.114. The van der Waals surface area contributed by atoms with Crippen LogP contribution < -0.4 is 5.32 Å². The van der Waals surface area contributed by atoms with Gasteiger partial charge in [-0.1, -0.05) is 24.3 Å². The summed E-state index contributed by atoms with van der Waals surface area (Å²) >= 11 is 1.73. The third kappa shape index (κ3) is 2.70. The van der Waals surface area contributed by atoms with Crippen molar-refractivity contribution < 1.29 is 4.79 Å². The summed E-state index contributed by atoms with van der Waals surface area (Å²) in [5.74, 6) is -0.0290. The zero-order chi connectivity index (χ0) is 11.4. The van der Waals surface area contributed by atoms with Crippen molar-refractivity contribution in [3.63, 3.8) is 0 Å². The van der Waals surface area contributed by atoms with E-state index < -0.39 is 0 Å². The first-order valence-corrected chi connectivity index (χ1v) is 6.01. The van der Waals surface area contributed by atoms with Crippen molar-refractivity contribution in [1.82, 2.24) is 0 Å². The summed E-state index contributed by atoms with van der Waals surface area (Å²) in [7, 11) is 0. The van der Waals surface area contributed by atoms with Gasteiger partial charge in [-0.05, 0) is 23.1 Å². The van der Waals surface area contributed by atoms with Gasteiger partial charge in [-0.2, -0.15) is 0 Å². The summed E-state index contributed by atoms with van der Waals surface area (Å²) < 4.78 is 0. The second-order valence-electron chi connectivity index (χ2n) is 3.59. The quantitative estimate of drug-likeness (QED) is 0.862. The molecule has 2 rings (SSSR count). The van der Waals surface area contributed by atoms with Crippen molar-refractivity contribution in [2.75, 3.05) is 5.32 Å². The van der Waals surface area contributed by atoms with Crippen molar-refractivity contribution >= 4 is 22.9 Å². The number of carbonyl (C=O) groups is 1. The van der Waals surface area contributed by atoms with Gasteiger partial charge in [0.25, 0.3) is 0 Å². The van der Waals surface area contributed by atoms with E-state index in [0.29, 0.717) is 0 Å². The molecular weight excluding hydrogens is 218 g/mol. The van der Waals surface area contributed by atoms with Gasteiger partial charge in [0.1, 0.15) is 0 Å². The Hall–Kier alpha value is -1.61. The fourth-order valence-electron chi connectivity index (χ4n) is 1.59. The lowest BCUT2D eigenvalue weighted by Crippen LogP contribution is -2.08. The molecule has 0 fully saturated rings. The molecule has 2 nitrogen and oxygen atoms in total. The predicted octanol–water partition coefficient (Wildman–Crippen LogP) is 3.30. The summed E-state index contributed by atoms with van der Waals surface area (Å²) in [6.07, 6.45) is 0.869. The summed E-state index contributed by atoms with van der Waals surface area (Å²) in [4.78, 5) is 12.4. The Morgan fingerprint density at radius 3 is 2.75 bits per heavy atom. The molecule has 0 aliphatic heterocycles. The van der Waals surface area contributed by atoms with E-state index in [-0.39, 0.29) is 5.91 Å². The van der Waals surface area contributed by atoms with E-state index in [2.05, 4.69) is 16.8 Å². The summed E-state index contributed by atoms with van der Waals surface area (Å²) in [6, 6.07) is 12.1. The fraction of sp³-hybridized carbons (Fsp3) is 0.154. The molecule has 1 aromatic heterocycles. The van der Waals surface area contributed by atoms with E-state index in [1.807, 2.05) is 30.3 Å². The molecule has 0 bridgehead atoms. The topological polar surface area (TPSA) is 29.1 Å². The average Bonchev–Trinajstić information content (AvgIpc) is 2.73. The Morgan fingerprint density at radius 1 is 1.25 bits per heavy atom. The number of benzene rings is 1. The van der Waals surface area contributed by atoms with E-state index in [4.69, 9.17) is 0 Å². The Morgan fingerprint density at radius 2 is 2.06 bits per heavy atom. The Labute approximate surface area is 98.9 Å². The van der Waals surface area contributed by atoms with Gasteiger partial charge in [0.2, 0.25) is 5.91 Å². The van der Waals surface area contributed by atoms with Crippen molar-refractivity contribution in [3.05, 3.63) is 52.2 Å². The Balaban J connectivity index is 2.22. The van der Waals surface area contributed by atoms with Gasteiger partial charge in [-0.15, -0.1) is 11.3 Å². The predicted molar refractivity (Wildman–Crippen MR) is 67.9 cm³/mol. The molecule has 3 heteroatoms. The van der Waals surface area contributed by atoms with E-state index in [1.54, 1.807) is 11.3 Å². The molecule has 16 heavy (non-hydrogen) atoms. The molecule has 0 atom stereocenters. The van der Waals surface area contributed by atoms with Gasteiger partial charge in [-0.3, -0.25) is 4.79 Å². The molecule has 0 radical (unpaired) electrons. The number of rotatable bonds is 3. The molecule has 82 valence electrons. The highest BCUT2D eigenvalue weighted by atomic mass is 32.1. The number of anilines is 1. The molecule has 0 aliphatic rings. The number of carbonyl (C=O) groups excluding carboxylic acids is 1. The van der Waals surface area contributed by atoms with Gasteiger partial charge in [0.15, 0.2) is 0 Å². The van der Waals surface area contributed by atoms with Gasteiger partial charge in [-0.25, -0.2) is 0 Å². The van der Waals surface area contributed by atoms with Crippen LogP contribution in [0.5, 0.6) is 0 Å². The normalized spacial score (nSPS) is 10.1. The number of hydrogen-bond donors (Lipinski definition) is 1. The maximum Gasteiger partial charge on any atom is 0.221 e. The highest BCUT2D eigenvalue weighted by Gasteiger charge is 2.04. The molecule has 1 aromatic carbocycles. The van der Waals surface area contributed by atoms with Gasteiger partial charge in [0, 0.05) is 23.9 Å². The molecule has 1 heterocycles. The smallest absolute Gasteiger partial charge is 0.221 e. The first-order valence-electron chi connectivity index (χ1n) is 5.13. The Kier molecular flexibility index (Phi) is 3.37. The van der Waals surface area contributed by atoms with Crippen LogP contribution in [0.3, 0.4) is 0 Å². The highest BCUT2D eigenvalue weighted by Crippen LogP contribution is 2.21. The number of thiophene rings is 1. The van der Waals surface area contributed by atoms with Crippen molar-refractivity contribution in [2.24, 2.45) is 0 Å². The average molecular weight is 231 g/mol. The molecule has 1 amide bonds. The van der Waals surface area contributed by atoms with Crippen LogP contribution in [-0.4, -0.2) is 5.91 Å².